The van der Waals surface area contributed by atoms with Crippen molar-refractivity contribution < 1.29 is 9.59 Å². The Balaban J connectivity index is 1.16. The van der Waals surface area contributed by atoms with Crippen molar-refractivity contribution in [2.75, 3.05) is 42.1 Å². The highest BCUT2D eigenvalue weighted by molar-refractivity contribution is 5.98. The maximum Gasteiger partial charge on any atom is 0.272 e. The number of nitrogens with zero attached hydrogens (tertiary/aromatic N) is 7. The van der Waals surface area contributed by atoms with E-state index in [-0.39, 0.29) is 17.9 Å². The van der Waals surface area contributed by atoms with Gasteiger partial charge in [-0.1, -0.05) is 30.3 Å². The number of fused-ring (bicyclic) bond motifs is 2. The van der Waals surface area contributed by atoms with Crippen LogP contribution in [0.4, 0.5) is 28.4 Å². The van der Waals surface area contributed by atoms with E-state index in [0.29, 0.717) is 43.4 Å². The number of aromatic nitrogens is 5. The van der Waals surface area contributed by atoms with Crippen molar-refractivity contribution >= 4 is 40.3 Å². The van der Waals surface area contributed by atoms with Crippen LogP contribution in [0.2, 0.25) is 0 Å². The third kappa shape index (κ3) is 5.01. The van der Waals surface area contributed by atoms with Crippen LogP contribution in [0.3, 0.4) is 0 Å². The second-order valence-electron chi connectivity index (χ2n) is 9.59. The second-order valence-corrected chi connectivity index (χ2v) is 9.59. The number of benzene rings is 2. The van der Waals surface area contributed by atoms with Crippen LogP contribution in [0.1, 0.15) is 34.8 Å². The Kier molecular flexibility index (Phi) is 6.37. The lowest BCUT2D eigenvalue weighted by molar-refractivity contribution is -0.114. The van der Waals surface area contributed by atoms with Crippen molar-refractivity contribution in [3.05, 3.63) is 77.9 Å². The number of amides is 2. The molecule has 1 unspecified atom stereocenters. The van der Waals surface area contributed by atoms with Crippen LogP contribution < -0.4 is 16.0 Å². The zero-order valence-electron chi connectivity index (χ0n) is 21.6. The molecule has 0 saturated carbocycles. The van der Waals surface area contributed by atoms with Crippen LogP contribution in [0, 0.1) is 0 Å². The van der Waals surface area contributed by atoms with Gasteiger partial charge in [-0.05, 0) is 35.0 Å². The van der Waals surface area contributed by atoms with Crippen LogP contribution in [-0.2, 0) is 11.8 Å². The molecule has 6 rings (SSSR count). The minimum atomic E-state index is -0.142. The summed E-state index contributed by atoms with van der Waals surface area (Å²) in [6, 6.07) is 17.3. The van der Waals surface area contributed by atoms with E-state index in [9.17, 15) is 9.59 Å². The molecule has 0 aliphatic carbocycles. The van der Waals surface area contributed by atoms with Gasteiger partial charge in [-0.3, -0.25) is 14.5 Å². The quantitative estimate of drug-likeness (QED) is 0.317. The number of nitrogens with one attached hydrogen (secondary N) is 3. The molecule has 1 saturated heterocycles. The van der Waals surface area contributed by atoms with Gasteiger partial charge in [0.1, 0.15) is 5.69 Å². The molecule has 3 N–H and O–H groups in total. The van der Waals surface area contributed by atoms with Gasteiger partial charge in [0.2, 0.25) is 5.91 Å². The summed E-state index contributed by atoms with van der Waals surface area (Å²) in [5.41, 5.74) is 5.33. The lowest BCUT2D eigenvalue weighted by Gasteiger charge is -2.38. The van der Waals surface area contributed by atoms with Crippen molar-refractivity contribution in [3.8, 4) is 0 Å². The number of carbonyl (C=O) groups excluding carboxylic acids is 2. The number of aryl methyl sites for hydroxylation is 1. The SMILES string of the molecule is CC(=O)Nc1ccc2c(c1)Nc1cc(C(=O)N3CCN(C(c4ccccc4)c4nnn(C)n4)CC3)ncc1N2. The summed E-state index contributed by atoms with van der Waals surface area (Å²) in [4.78, 5) is 34.9. The highest BCUT2D eigenvalue weighted by atomic mass is 16.2. The van der Waals surface area contributed by atoms with E-state index in [4.69, 9.17) is 0 Å². The third-order valence-electron chi connectivity index (χ3n) is 6.85. The number of pyridine rings is 1. The van der Waals surface area contributed by atoms with Gasteiger partial charge in [-0.15, -0.1) is 10.2 Å². The molecule has 2 aliphatic rings. The monoisotopic (exact) mass is 524 g/mol. The zero-order valence-corrected chi connectivity index (χ0v) is 21.6. The van der Waals surface area contributed by atoms with E-state index < -0.39 is 0 Å². The minimum absolute atomic E-state index is 0.120. The smallest absolute Gasteiger partial charge is 0.272 e. The Hall–Kier alpha value is -4.84. The second kappa shape index (κ2) is 10.1. The van der Waals surface area contributed by atoms with E-state index >= 15 is 0 Å². The highest BCUT2D eigenvalue weighted by Gasteiger charge is 2.31. The van der Waals surface area contributed by atoms with E-state index in [2.05, 4.69) is 53.4 Å². The van der Waals surface area contributed by atoms with Crippen molar-refractivity contribution in [2.45, 2.75) is 13.0 Å². The molecule has 1 atom stereocenters. The number of rotatable bonds is 5. The van der Waals surface area contributed by atoms with Crippen molar-refractivity contribution in [1.82, 2.24) is 35.0 Å². The molecule has 0 bridgehead atoms. The van der Waals surface area contributed by atoms with E-state index in [0.717, 1.165) is 28.3 Å². The standard InChI is InChI=1S/C27H28N10O2/c1-17(38)29-19-8-9-20-21(14-19)31-22-15-23(28-16-24(22)30-20)27(39)37-12-10-36(11-13-37)25(18-6-4-3-5-7-18)26-32-34-35(2)33-26/h3-9,14-16,25,30-31H,10-13H2,1-2H3,(H,29,38). The average molecular weight is 525 g/mol. The molecule has 39 heavy (non-hydrogen) atoms. The van der Waals surface area contributed by atoms with Crippen LogP contribution in [0.5, 0.6) is 0 Å². The summed E-state index contributed by atoms with van der Waals surface area (Å²) in [6.07, 6.45) is 1.67. The Bertz CT molecular complexity index is 1530. The first-order valence-corrected chi connectivity index (χ1v) is 12.7. The lowest BCUT2D eigenvalue weighted by atomic mass is 10.0. The molecule has 4 aromatic rings. The largest absolute Gasteiger partial charge is 0.352 e. The Morgan fingerprint density at radius 3 is 2.38 bits per heavy atom. The van der Waals surface area contributed by atoms with E-state index in [1.807, 2.05) is 41.3 Å². The summed E-state index contributed by atoms with van der Waals surface area (Å²) >= 11 is 0. The van der Waals surface area contributed by atoms with Gasteiger partial charge in [0.25, 0.3) is 5.91 Å². The average Bonchev–Trinajstić information content (AvgIpc) is 3.37. The Morgan fingerprint density at radius 1 is 0.923 bits per heavy atom. The summed E-state index contributed by atoms with van der Waals surface area (Å²) in [5, 5.41) is 22.3. The molecule has 12 nitrogen and oxygen atoms in total. The first-order valence-electron chi connectivity index (χ1n) is 12.7. The topological polar surface area (TPSA) is 133 Å². The molecule has 198 valence electrons. The number of carbonyl (C=O) groups is 2. The van der Waals surface area contributed by atoms with Crippen molar-refractivity contribution in [2.24, 2.45) is 7.05 Å². The fraction of sp³-hybridized carbons (Fsp3) is 0.259. The fourth-order valence-corrected chi connectivity index (χ4v) is 5.02. The minimum Gasteiger partial charge on any atom is -0.352 e. The summed E-state index contributed by atoms with van der Waals surface area (Å²) in [5.74, 6) is 0.380. The zero-order chi connectivity index (χ0) is 26.9. The number of tetrazole rings is 1. The summed E-state index contributed by atoms with van der Waals surface area (Å²) < 4.78 is 0. The van der Waals surface area contributed by atoms with Gasteiger partial charge < -0.3 is 20.9 Å². The van der Waals surface area contributed by atoms with Gasteiger partial charge in [0, 0.05) is 38.8 Å². The van der Waals surface area contributed by atoms with Gasteiger partial charge in [-0.2, -0.15) is 4.80 Å². The molecule has 2 amide bonds. The molecular weight excluding hydrogens is 496 g/mol. The van der Waals surface area contributed by atoms with E-state index in [1.165, 1.54) is 11.7 Å². The third-order valence-corrected chi connectivity index (χ3v) is 6.85. The van der Waals surface area contributed by atoms with Crippen LogP contribution in [0.25, 0.3) is 0 Å². The van der Waals surface area contributed by atoms with Gasteiger partial charge >= 0.3 is 0 Å². The predicted octanol–water partition coefficient (Wildman–Crippen LogP) is 2.91. The van der Waals surface area contributed by atoms with Crippen LogP contribution in [-0.4, -0.2) is 73.0 Å². The molecule has 2 aromatic carbocycles. The van der Waals surface area contributed by atoms with E-state index in [1.54, 1.807) is 19.3 Å². The van der Waals surface area contributed by atoms with Crippen LogP contribution >= 0.6 is 0 Å². The first-order chi connectivity index (χ1) is 18.9. The lowest BCUT2D eigenvalue weighted by Crippen LogP contribution is -2.50. The predicted molar refractivity (Wildman–Crippen MR) is 146 cm³/mol. The summed E-state index contributed by atoms with van der Waals surface area (Å²) in [6.45, 7) is 3.89. The van der Waals surface area contributed by atoms with Crippen molar-refractivity contribution in [3.63, 3.8) is 0 Å². The van der Waals surface area contributed by atoms with Crippen molar-refractivity contribution in [1.29, 1.82) is 0 Å². The molecule has 12 heteroatoms. The fourth-order valence-electron chi connectivity index (χ4n) is 5.02. The molecule has 2 aromatic heterocycles. The Labute approximate surface area is 225 Å². The number of hydrogen-bond acceptors (Lipinski definition) is 9. The number of hydrogen-bond donors (Lipinski definition) is 3. The molecule has 1 fully saturated rings. The van der Waals surface area contributed by atoms with Crippen LogP contribution in [0.15, 0.2) is 60.8 Å². The molecule has 0 spiro atoms. The molecule has 0 radical (unpaired) electrons. The first kappa shape index (κ1) is 24.5. The number of anilines is 5. The van der Waals surface area contributed by atoms with Gasteiger partial charge in [0.05, 0.1) is 42.0 Å². The van der Waals surface area contributed by atoms with Gasteiger partial charge in [-0.25, -0.2) is 4.98 Å². The number of piperazine rings is 1. The normalized spacial score (nSPS) is 15.4. The molecule has 4 heterocycles. The molecular formula is C27H28N10O2. The Morgan fingerprint density at radius 2 is 1.67 bits per heavy atom. The highest BCUT2D eigenvalue weighted by Crippen LogP contribution is 2.39. The maximum atomic E-state index is 13.4. The van der Waals surface area contributed by atoms with Gasteiger partial charge in [0.15, 0.2) is 5.82 Å². The molecule has 2 aliphatic heterocycles. The maximum absolute atomic E-state index is 13.4. The summed E-state index contributed by atoms with van der Waals surface area (Å²) in [7, 11) is 1.76.